The van der Waals surface area contributed by atoms with Crippen molar-refractivity contribution >= 4 is 33.5 Å². The van der Waals surface area contributed by atoms with Crippen molar-refractivity contribution in [2.24, 2.45) is 7.05 Å². The minimum atomic E-state index is -4.41. The molecule has 0 radical (unpaired) electrons. The van der Waals surface area contributed by atoms with E-state index in [2.05, 4.69) is 76.6 Å². The SMILES string of the molecule is COC(OC)c1ccc(C=Cc2cc[n+](C)c3ccccc23)cc1.COS(=O)(=O)[O-]. The van der Waals surface area contributed by atoms with Crippen molar-refractivity contribution in [1.82, 2.24) is 0 Å². The molecule has 160 valence electrons. The quantitative estimate of drug-likeness (QED) is 0.258. The monoisotopic (exact) mass is 431 g/mol. The molecule has 8 heteroatoms. The van der Waals surface area contributed by atoms with E-state index in [0.29, 0.717) is 0 Å². The van der Waals surface area contributed by atoms with Gasteiger partial charge in [-0.2, -0.15) is 0 Å². The van der Waals surface area contributed by atoms with Crippen LogP contribution in [0.15, 0.2) is 60.8 Å². The Bertz CT molecular complexity index is 1090. The van der Waals surface area contributed by atoms with Crippen LogP contribution in [0.2, 0.25) is 0 Å². The standard InChI is InChI=1S/C21H22NO2.CH4O4S/c1-22-15-14-17(19-6-4-5-7-20(19)22)11-8-16-9-12-18(13-10-16)21(23-2)24-3;1-5-6(2,3)4/h4-15,21H,1-3H3;1H3,(H,2,3,4)/q+1;/p-1. The number of pyridine rings is 1. The van der Waals surface area contributed by atoms with Gasteiger partial charge in [0, 0.05) is 31.9 Å². The fourth-order valence-corrected chi connectivity index (χ4v) is 2.85. The minimum absolute atomic E-state index is 0.318. The number of ether oxygens (including phenoxy) is 2. The zero-order valence-electron chi connectivity index (χ0n) is 17.3. The molecule has 0 aliphatic carbocycles. The van der Waals surface area contributed by atoms with E-state index >= 15 is 0 Å². The molecule has 0 aliphatic rings. The number of fused-ring (bicyclic) bond motifs is 1. The van der Waals surface area contributed by atoms with Gasteiger partial charge in [0.1, 0.15) is 7.05 Å². The van der Waals surface area contributed by atoms with Gasteiger partial charge in [-0.15, -0.1) is 0 Å². The Morgan fingerprint density at radius 1 is 0.933 bits per heavy atom. The number of nitrogens with zero attached hydrogens (tertiary/aromatic N) is 1. The van der Waals surface area contributed by atoms with Crippen LogP contribution in [0.1, 0.15) is 23.0 Å². The molecule has 1 aromatic heterocycles. The summed E-state index contributed by atoms with van der Waals surface area (Å²) in [7, 11) is 1.74. The fraction of sp³-hybridized carbons (Fsp3) is 0.227. The van der Waals surface area contributed by atoms with Crippen molar-refractivity contribution in [2.75, 3.05) is 21.3 Å². The van der Waals surface area contributed by atoms with E-state index in [1.165, 1.54) is 16.5 Å². The number of benzene rings is 2. The summed E-state index contributed by atoms with van der Waals surface area (Å²) in [6.07, 6.45) is 6.05. The Morgan fingerprint density at radius 3 is 2.10 bits per heavy atom. The van der Waals surface area contributed by atoms with E-state index in [4.69, 9.17) is 9.47 Å². The lowest BCUT2D eigenvalue weighted by molar-refractivity contribution is -0.644. The zero-order valence-corrected chi connectivity index (χ0v) is 18.1. The average molecular weight is 432 g/mol. The molecule has 0 amide bonds. The zero-order chi connectivity index (χ0) is 22.1. The maximum atomic E-state index is 9.22. The van der Waals surface area contributed by atoms with Crippen LogP contribution in [-0.2, 0) is 31.1 Å². The highest BCUT2D eigenvalue weighted by molar-refractivity contribution is 7.80. The van der Waals surface area contributed by atoms with Gasteiger partial charge < -0.3 is 14.0 Å². The summed E-state index contributed by atoms with van der Waals surface area (Å²) < 4.78 is 43.7. The van der Waals surface area contributed by atoms with Crippen LogP contribution in [0.3, 0.4) is 0 Å². The molecule has 0 bridgehead atoms. The van der Waals surface area contributed by atoms with Crippen LogP contribution in [0.25, 0.3) is 23.1 Å². The molecule has 0 atom stereocenters. The summed E-state index contributed by atoms with van der Waals surface area (Å²) in [5, 5.41) is 1.24. The predicted octanol–water partition coefficient (Wildman–Crippen LogP) is 3.22. The lowest BCUT2D eigenvalue weighted by Crippen LogP contribution is -2.28. The van der Waals surface area contributed by atoms with Gasteiger partial charge in [-0.05, 0) is 17.2 Å². The topological polar surface area (TPSA) is 88.8 Å². The first kappa shape index (κ1) is 23.7. The maximum Gasteiger partial charge on any atom is 0.217 e. The van der Waals surface area contributed by atoms with Crippen LogP contribution >= 0.6 is 0 Å². The molecule has 30 heavy (non-hydrogen) atoms. The number of hydrogen-bond donors (Lipinski definition) is 0. The number of methoxy groups -OCH3 is 2. The van der Waals surface area contributed by atoms with E-state index in [9.17, 15) is 13.0 Å². The van der Waals surface area contributed by atoms with Gasteiger partial charge in [0.05, 0.1) is 12.5 Å². The second-order valence-electron chi connectivity index (χ2n) is 6.28. The van der Waals surface area contributed by atoms with Gasteiger partial charge in [-0.25, -0.2) is 13.0 Å². The van der Waals surface area contributed by atoms with Crippen LogP contribution in [0.5, 0.6) is 0 Å². The molecule has 0 unspecified atom stereocenters. The highest BCUT2D eigenvalue weighted by Gasteiger charge is 2.08. The molecule has 0 spiro atoms. The molecule has 0 saturated carbocycles. The van der Waals surface area contributed by atoms with E-state index in [1.807, 2.05) is 12.1 Å². The van der Waals surface area contributed by atoms with Crippen molar-refractivity contribution in [1.29, 1.82) is 0 Å². The van der Waals surface area contributed by atoms with Crippen LogP contribution in [0, 0.1) is 0 Å². The number of rotatable bonds is 6. The summed E-state index contributed by atoms with van der Waals surface area (Å²) in [6, 6.07) is 18.8. The number of para-hydroxylation sites is 1. The molecule has 2 aromatic carbocycles. The number of aromatic nitrogens is 1. The molecule has 3 aromatic rings. The van der Waals surface area contributed by atoms with Gasteiger partial charge in [0.25, 0.3) is 0 Å². The smallest absolute Gasteiger partial charge is 0.217 e. The van der Waals surface area contributed by atoms with Gasteiger partial charge in [-0.3, -0.25) is 4.18 Å². The van der Waals surface area contributed by atoms with Gasteiger partial charge in [-0.1, -0.05) is 48.6 Å². The van der Waals surface area contributed by atoms with E-state index < -0.39 is 10.4 Å². The average Bonchev–Trinajstić information content (AvgIpc) is 2.75. The summed E-state index contributed by atoms with van der Waals surface area (Å²) in [6.45, 7) is 0. The molecule has 0 N–H and O–H groups in total. The van der Waals surface area contributed by atoms with Gasteiger partial charge >= 0.3 is 0 Å². The first-order valence-corrected chi connectivity index (χ1v) is 10.3. The van der Waals surface area contributed by atoms with E-state index in [1.54, 1.807) is 14.2 Å². The van der Waals surface area contributed by atoms with Crippen molar-refractivity contribution in [3.8, 4) is 0 Å². The normalized spacial score (nSPS) is 11.7. The number of hydrogen-bond acceptors (Lipinski definition) is 6. The van der Waals surface area contributed by atoms with Crippen molar-refractivity contribution in [3.63, 3.8) is 0 Å². The van der Waals surface area contributed by atoms with Crippen LogP contribution < -0.4 is 4.57 Å². The fourth-order valence-electron chi connectivity index (χ4n) is 2.85. The Labute approximate surface area is 177 Å². The Balaban J connectivity index is 0.000000469. The lowest BCUT2D eigenvalue weighted by atomic mass is 10.1. The second-order valence-corrected chi connectivity index (χ2v) is 7.43. The summed E-state index contributed by atoms with van der Waals surface area (Å²) >= 11 is 0. The Hall–Kier alpha value is -2.62. The summed E-state index contributed by atoms with van der Waals surface area (Å²) in [5.74, 6) is 0. The van der Waals surface area contributed by atoms with Crippen molar-refractivity contribution in [3.05, 3.63) is 77.5 Å². The molecule has 0 fully saturated rings. The molecular formula is C22H25NO6S. The molecular weight excluding hydrogens is 406 g/mol. The Morgan fingerprint density at radius 2 is 1.53 bits per heavy atom. The highest BCUT2D eigenvalue weighted by atomic mass is 32.3. The third kappa shape index (κ3) is 6.72. The third-order valence-electron chi connectivity index (χ3n) is 4.37. The first-order valence-electron chi connectivity index (χ1n) is 9.01. The molecule has 0 saturated heterocycles. The van der Waals surface area contributed by atoms with Gasteiger partial charge in [0.2, 0.25) is 15.9 Å². The van der Waals surface area contributed by atoms with Crippen molar-refractivity contribution in [2.45, 2.75) is 6.29 Å². The molecule has 3 rings (SSSR count). The van der Waals surface area contributed by atoms with Crippen LogP contribution in [-0.4, -0.2) is 34.3 Å². The van der Waals surface area contributed by atoms with Crippen molar-refractivity contribution < 1.29 is 31.2 Å². The highest BCUT2D eigenvalue weighted by Crippen LogP contribution is 2.20. The molecule has 0 aliphatic heterocycles. The predicted molar refractivity (Wildman–Crippen MR) is 114 cm³/mol. The summed E-state index contributed by atoms with van der Waals surface area (Å²) in [5.41, 5.74) is 4.58. The summed E-state index contributed by atoms with van der Waals surface area (Å²) in [4.78, 5) is 0. The second kappa shape index (κ2) is 11.0. The molecule has 7 nitrogen and oxygen atoms in total. The van der Waals surface area contributed by atoms with E-state index in [-0.39, 0.29) is 6.29 Å². The largest absolute Gasteiger partial charge is 0.726 e. The number of aryl methyl sites for hydroxylation is 1. The molecule has 1 heterocycles. The maximum absolute atomic E-state index is 9.22. The third-order valence-corrected chi connectivity index (χ3v) is 4.78. The van der Waals surface area contributed by atoms with Crippen LogP contribution in [0.4, 0.5) is 0 Å². The minimum Gasteiger partial charge on any atom is -0.726 e. The van der Waals surface area contributed by atoms with E-state index in [0.717, 1.165) is 18.2 Å². The van der Waals surface area contributed by atoms with Gasteiger partial charge in [0.15, 0.2) is 12.5 Å². The lowest BCUT2D eigenvalue weighted by Gasteiger charge is -2.13. The Kier molecular flexibility index (Phi) is 8.64. The first-order chi connectivity index (χ1) is 14.3.